The van der Waals surface area contributed by atoms with E-state index in [4.69, 9.17) is 4.74 Å². The highest BCUT2D eigenvalue weighted by atomic mass is 127. The van der Waals surface area contributed by atoms with Crippen LogP contribution in [0.4, 0.5) is 4.39 Å². The van der Waals surface area contributed by atoms with Crippen molar-refractivity contribution in [3.05, 3.63) is 59.7 Å². The summed E-state index contributed by atoms with van der Waals surface area (Å²) in [6.07, 6.45) is 3.77. The number of benzene rings is 1. The highest BCUT2D eigenvalue weighted by molar-refractivity contribution is 14.0. The molecule has 0 saturated carbocycles. The fraction of sp³-hybridized carbons (Fsp3) is 0.476. The lowest BCUT2D eigenvalue weighted by Crippen LogP contribution is -2.48. The van der Waals surface area contributed by atoms with Gasteiger partial charge < -0.3 is 19.5 Å². The van der Waals surface area contributed by atoms with Gasteiger partial charge in [0.1, 0.15) is 5.82 Å². The molecule has 0 aliphatic carbocycles. The van der Waals surface area contributed by atoms with E-state index in [9.17, 15) is 4.39 Å². The van der Waals surface area contributed by atoms with Gasteiger partial charge in [0.2, 0.25) is 0 Å². The van der Waals surface area contributed by atoms with Crippen LogP contribution in [0.1, 0.15) is 24.1 Å². The van der Waals surface area contributed by atoms with Gasteiger partial charge in [-0.3, -0.25) is 4.99 Å². The normalized spacial score (nSPS) is 16.4. The van der Waals surface area contributed by atoms with Crippen molar-refractivity contribution in [1.82, 2.24) is 14.8 Å². The first-order chi connectivity index (χ1) is 13.0. The Kier molecular flexibility index (Phi) is 8.30. The van der Waals surface area contributed by atoms with Gasteiger partial charge in [-0.05, 0) is 42.7 Å². The number of guanidine groups is 1. The summed E-state index contributed by atoms with van der Waals surface area (Å²) in [5.74, 6) is 0.641. The van der Waals surface area contributed by atoms with Crippen LogP contribution in [-0.2, 0) is 23.7 Å². The molecular formula is C21H30FIN4O. The lowest BCUT2D eigenvalue weighted by atomic mass is 9.74. The Labute approximate surface area is 184 Å². The van der Waals surface area contributed by atoms with Gasteiger partial charge in [-0.2, -0.15) is 0 Å². The second-order valence-electron chi connectivity index (χ2n) is 7.27. The second-order valence-corrected chi connectivity index (χ2v) is 7.27. The third-order valence-electron chi connectivity index (χ3n) is 5.50. The maximum absolute atomic E-state index is 13.8. The lowest BCUT2D eigenvalue weighted by Gasteiger charge is -2.39. The molecule has 5 nitrogen and oxygen atoms in total. The average molecular weight is 500 g/mol. The predicted molar refractivity (Wildman–Crippen MR) is 122 cm³/mol. The molecule has 1 aliphatic rings. The SMILES string of the molecule is CN=C(NCC1(c2cccc(F)c2)CCOCC1)N(C)Cc1cccn1C.I. The van der Waals surface area contributed by atoms with Crippen LogP contribution in [0, 0.1) is 5.82 Å². The highest BCUT2D eigenvalue weighted by Crippen LogP contribution is 2.34. The van der Waals surface area contributed by atoms with E-state index in [2.05, 4.69) is 25.8 Å². The van der Waals surface area contributed by atoms with Crippen LogP contribution in [0.25, 0.3) is 0 Å². The van der Waals surface area contributed by atoms with Crippen molar-refractivity contribution in [2.45, 2.75) is 24.8 Å². The number of hydrogen-bond donors (Lipinski definition) is 1. The molecule has 0 radical (unpaired) electrons. The van der Waals surface area contributed by atoms with E-state index in [1.165, 1.54) is 11.8 Å². The first-order valence-corrected chi connectivity index (χ1v) is 9.40. The third kappa shape index (κ3) is 5.26. The molecule has 0 unspecified atom stereocenters. The molecule has 0 bridgehead atoms. The minimum absolute atomic E-state index is 0. The van der Waals surface area contributed by atoms with Crippen molar-refractivity contribution in [2.75, 3.05) is 33.9 Å². The molecule has 0 amide bonds. The molecular weight excluding hydrogens is 470 g/mol. The lowest BCUT2D eigenvalue weighted by molar-refractivity contribution is 0.0511. The number of nitrogens with zero attached hydrogens (tertiary/aromatic N) is 3. The Morgan fingerprint density at radius 2 is 2.04 bits per heavy atom. The molecule has 3 rings (SSSR count). The zero-order valence-corrected chi connectivity index (χ0v) is 19.2. The largest absolute Gasteiger partial charge is 0.381 e. The van der Waals surface area contributed by atoms with Gasteiger partial charge in [-0.25, -0.2) is 4.39 Å². The molecule has 2 aromatic rings. The van der Waals surface area contributed by atoms with Crippen LogP contribution < -0.4 is 5.32 Å². The fourth-order valence-corrected chi connectivity index (χ4v) is 3.76. The van der Waals surface area contributed by atoms with Crippen LogP contribution in [0.2, 0.25) is 0 Å². The summed E-state index contributed by atoms with van der Waals surface area (Å²) in [4.78, 5) is 6.55. The Hall–Kier alpha value is -1.61. The zero-order chi connectivity index (χ0) is 19.3. The van der Waals surface area contributed by atoms with Crippen molar-refractivity contribution in [1.29, 1.82) is 0 Å². The monoisotopic (exact) mass is 500 g/mol. The smallest absolute Gasteiger partial charge is 0.193 e. The van der Waals surface area contributed by atoms with E-state index < -0.39 is 0 Å². The Morgan fingerprint density at radius 3 is 2.64 bits per heavy atom. The van der Waals surface area contributed by atoms with Crippen LogP contribution in [0.3, 0.4) is 0 Å². The standard InChI is InChI=1S/C21H29FN4O.HI/c1-23-20(26(3)15-19-8-5-11-25(19)2)24-16-21(9-12-27-13-10-21)17-6-4-7-18(22)14-17;/h4-8,11,14H,9-10,12-13,15-16H2,1-3H3,(H,23,24);1H. The molecule has 2 heterocycles. The summed E-state index contributed by atoms with van der Waals surface area (Å²) >= 11 is 0. The van der Waals surface area contributed by atoms with E-state index >= 15 is 0 Å². The number of aryl methyl sites for hydroxylation is 1. The maximum atomic E-state index is 13.8. The number of aliphatic imine (C=N–C) groups is 1. The Bertz CT molecular complexity index is 786. The van der Waals surface area contributed by atoms with Crippen LogP contribution in [0.5, 0.6) is 0 Å². The minimum atomic E-state index is -0.191. The summed E-state index contributed by atoms with van der Waals surface area (Å²) in [6, 6.07) is 11.1. The molecule has 1 fully saturated rings. The summed E-state index contributed by atoms with van der Waals surface area (Å²) in [7, 11) is 5.87. The topological polar surface area (TPSA) is 41.8 Å². The van der Waals surface area contributed by atoms with Gasteiger partial charge in [0, 0.05) is 58.2 Å². The van der Waals surface area contributed by atoms with E-state index in [0.29, 0.717) is 19.8 Å². The van der Waals surface area contributed by atoms with Crippen LogP contribution >= 0.6 is 24.0 Å². The van der Waals surface area contributed by atoms with E-state index in [1.54, 1.807) is 19.2 Å². The number of hydrogen-bond acceptors (Lipinski definition) is 2. The number of ether oxygens (including phenoxy) is 1. The van der Waals surface area contributed by atoms with Gasteiger partial charge in [0.05, 0.1) is 6.54 Å². The minimum Gasteiger partial charge on any atom is -0.381 e. The quantitative estimate of drug-likeness (QED) is 0.388. The Morgan fingerprint density at radius 1 is 1.29 bits per heavy atom. The summed E-state index contributed by atoms with van der Waals surface area (Å²) < 4.78 is 21.5. The molecule has 1 aliphatic heterocycles. The van der Waals surface area contributed by atoms with Crippen molar-refractivity contribution in [2.24, 2.45) is 12.0 Å². The highest BCUT2D eigenvalue weighted by Gasteiger charge is 2.35. The molecule has 0 spiro atoms. The van der Waals surface area contributed by atoms with Gasteiger partial charge in [0.15, 0.2) is 5.96 Å². The molecule has 1 N–H and O–H groups in total. The van der Waals surface area contributed by atoms with Gasteiger partial charge in [0.25, 0.3) is 0 Å². The number of aromatic nitrogens is 1. The first kappa shape index (κ1) is 22.7. The fourth-order valence-electron chi connectivity index (χ4n) is 3.76. The summed E-state index contributed by atoms with van der Waals surface area (Å²) in [5.41, 5.74) is 2.09. The maximum Gasteiger partial charge on any atom is 0.193 e. The van der Waals surface area contributed by atoms with E-state index in [1.807, 2.05) is 32.4 Å². The molecule has 1 aromatic heterocycles. The van der Waals surface area contributed by atoms with E-state index in [-0.39, 0.29) is 35.2 Å². The van der Waals surface area contributed by atoms with Gasteiger partial charge >= 0.3 is 0 Å². The van der Waals surface area contributed by atoms with Crippen molar-refractivity contribution in [3.63, 3.8) is 0 Å². The van der Waals surface area contributed by atoms with Gasteiger partial charge in [-0.15, -0.1) is 24.0 Å². The van der Waals surface area contributed by atoms with Crippen LogP contribution in [-0.4, -0.2) is 49.3 Å². The van der Waals surface area contributed by atoms with E-state index in [0.717, 1.165) is 30.9 Å². The summed E-state index contributed by atoms with van der Waals surface area (Å²) in [6.45, 7) is 2.84. The molecule has 7 heteroatoms. The first-order valence-electron chi connectivity index (χ1n) is 9.40. The van der Waals surface area contributed by atoms with Crippen molar-refractivity contribution < 1.29 is 9.13 Å². The van der Waals surface area contributed by atoms with Crippen LogP contribution in [0.15, 0.2) is 47.6 Å². The molecule has 28 heavy (non-hydrogen) atoms. The number of rotatable bonds is 5. The van der Waals surface area contributed by atoms with Gasteiger partial charge in [-0.1, -0.05) is 12.1 Å². The predicted octanol–water partition coefficient (Wildman–Crippen LogP) is 3.54. The number of halogens is 2. The molecule has 1 aromatic carbocycles. The van der Waals surface area contributed by atoms with Crippen molar-refractivity contribution >= 4 is 29.9 Å². The molecule has 1 saturated heterocycles. The third-order valence-corrected chi connectivity index (χ3v) is 5.50. The Balaban J connectivity index is 0.00000280. The molecule has 154 valence electrons. The average Bonchev–Trinajstić information content (AvgIpc) is 3.07. The second kappa shape index (κ2) is 10.2. The molecule has 0 atom stereocenters. The van der Waals surface area contributed by atoms with Crippen molar-refractivity contribution in [3.8, 4) is 0 Å². The number of nitrogens with one attached hydrogen (secondary N) is 1. The zero-order valence-electron chi connectivity index (χ0n) is 16.8. The summed E-state index contributed by atoms with van der Waals surface area (Å²) in [5, 5.41) is 3.52.